The zero-order valence-corrected chi connectivity index (χ0v) is 15.4. The van der Waals surface area contributed by atoms with Gasteiger partial charge in [0.15, 0.2) is 5.43 Å². The Bertz CT molecular complexity index is 1100. The monoisotopic (exact) mass is 418 g/mol. The van der Waals surface area contributed by atoms with E-state index in [1.165, 1.54) is 23.2 Å². The molecule has 0 atom stereocenters. The molecule has 2 aliphatic rings. The third-order valence-corrected chi connectivity index (χ3v) is 4.48. The Balaban J connectivity index is 1.57. The molecular weight excluding hydrogens is 402 g/mol. The van der Waals surface area contributed by atoms with Gasteiger partial charge in [-0.1, -0.05) is 11.7 Å². The van der Waals surface area contributed by atoms with Crippen LogP contribution in [0.2, 0.25) is 0 Å². The molecule has 0 fully saturated rings. The number of amides is 2. The van der Waals surface area contributed by atoms with Crippen LogP contribution in [-0.4, -0.2) is 34.8 Å². The van der Waals surface area contributed by atoms with Gasteiger partial charge in [0.05, 0.1) is 6.20 Å². The molecule has 0 radical (unpaired) electrons. The van der Waals surface area contributed by atoms with E-state index in [1.807, 2.05) is 0 Å². The average Bonchev–Trinajstić information content (AvgIpc) is 3.22. The van der Waals surface area contributed by atoms with Gasteiger partial charge >= 0.3 is 0 Å². The topological polar surface area (TPSA) is 108 Å². The van der Waals surface area contributed by atoms with Crippen molar-refractivity contribution in [1.82, 2.24) is 25.9 Å². The summed E-state index contributed by atoms with van der Waals surface area (Å²) in [6.45, 7) is 0.0905. The summed E-state index contributed by atoms with van der Waals surface area (Å²) in [5, 5.41) is 8.27. The van der Waals surface area contributed by atoms with Crippen molar-refractivity contribution in [3.05, 3.63) is 81.6 Å². The predicted molar refractivity (Wildman–Crippen MR) is 98.8 cm³/mol. The lowest BCUT2D eigenvalue weighted by molar-refractivity contribution is 0.0315. The highest BCUT2D eigenvalue weighted by Crippen LogP contribution is 2.11. The van der Waals surface area contributed by atoms with Gasteiger partial charge in [0.1, 0.15) is 42.5 Å². The summed E-state index contributed by atoms with van der Waals surface area (Å²) < 4.78 is 28.2. The summed E-state index contributed by atoms with van der Waals surface area (Å²) in [6, 6.07) is 4.03. The van der Waals surface area contributed by atoms with Gasteiger partial charge in [-0.2, -0.15) is 0 Å². The first-order valence-electron chi connectivity index (χ1n) is 8.79. The molecule has 3 heterocycles. The molecule has 0 bridgehead atoms. The van der Waals surface area contributed by atoms with E-state index in [0.717, 1.165) is 12.1 Å². The standard InChI is InChI=1S/C18H16F2N6O4/c19-12-2-1-11(14(20)5-12)7-21-17(28)13-8-26-15(6-16(13)27)18(29)22-9-25(26)10-24-3-4-30-23-24/h1-6,8,23H,7,9-10H2,(H,21,28)(H,22,29). The molecule has 0 unspecified atom stereocenters. The summed E-state index contributed by atoms with van der Waals surface area (Å²) in [7, 11) is 0. The number of hydrogen-bond donors (Lipinski definition) is 3. The van der Waals surface area contributed by atoms with Crippen LogP contribution in [0.25, 0.3) is 0 Å². The molecule has 30 heavy (non-hydrogen) atoms. The number of halogens is 2. The van der Waals surface area contributed by atoms with E-state index in [2.05, 4.69) is 16.2 Å². The van der Waals surface area contributed by atoms with Gasteiger partial charge in [-0.25, -0.2) is 8.78 Å². The molecule has 1 aromatic heterocycles. The lowest BCUT2D eigenvalue weighted by atomic mass is 10.2. The lowest BCUT2D eigenvalue weighted by Crippen LogP contribution is -2.56. The second-order valence-corrected chi connectivity index (χ2v) is 6.48. The van der Waals surface area contributed by atoms with E-state index >= 15 is 0 Å². The van der Waals surface area contributed by atoms with Crippen molar-refractivity contribution in [3.63, 3.8) is 0 Å². The molecule has 1 aromatic carbocycles. The van der Waals surface area contributed by atoms with Crippen molar-refractivity contribution in [2.24, 2.45) is 0 Å². The highest BCUT2D eigenvalue weighted by molar-refractivity contribution is 5.97. The summed E-state index contributed by atoms with van der Waals surface area (Å²) in [6.07, 6.45) is 4.28. The van der Waals surface area contributed by atoms with Crippen LogP contribution < -0.4 is 26.7 Å². The Morgan fingerprint density at radius 3 is 2.80 bits per heavy atom. The first-order chi connectivity index (χ1) is 14.4. The van der Waals surface area contributed by atoms with E-state index in [0.29, 0.717) is 6.07 Å². The normalized spacial score (nSPS) is 14.9. The van der Waals surface area contributed by atoms with Crippen LogP contribution in [0, 0.1) is 11.6 Å². The molecule has 2 aromatic rings. The van der Waals surface area contributed by atoms with E-state index in [1.54, 1.807) is 16.2 Å². The van der Waals surface area contributed by atoms with Crippen LogP contribution in [0.4, 0.5) is 8.78 Å². The largest absolute Gasteiger partial charge is 0.395 e. The molecule has 3 N–H and O–H groups in total. The number of aromatic nitrogens is 1. The number of nitrogens with zero attached hydrogens (tertiary/aromatic N) is 3. The van der Waals surface area contributed by atoms with Gasteiger partial charge in [0.25, 0.3) is 11.8 Å². The number of nitrogens with one attached hydrogen (secondary N) is 3. The van der Waals surface area contributed by atoms with Crippen molar-refractivity contribution in [2.75, 3.05) is 18.3 Å². The van der Waals surface area contributed by atoms with Crippen LogP contribution in [0.5, 0.6) is 0 Å². The van der Waals surface area contributed by atoms with Gasteiger partial charge < -0.3 is 15.5 Å². The minimum atomic E-state index is -0.811. The minimum absolute atomic E-state index is 0.0523. The lowest BCUT2D eigenvalue weighted by Gasteiger charge is -2.35. The van der Waals surface area contributed by atoms with Gasteiger partial charge in [-0.05, 0) is 6.07 Å². The SMILES string of the molecule is O=C(NCc1ccc(F)cc1F)c1cn2c(cc1=O)C(=O)NCN2CN1C=CON1. The molecule has 10 nitrogen and oxygen atoms in total. The Hall–Kier alpha value is -3.93. The van der Waals surface area contributed by atoms with Crippen molar-refractivity contribution in [1.29, 1.82) is 0 Å². The second-order valence-electron chi connectivity index (χ2n) is 6.48. The summed E-state index contributed by atoms with van der Waals surface area (Å²) >= 11 is 0. The van der Waals surface area contributed by atoms with E-state index in [4.69, 9.17) is 4.84 Å². The Morgan fingerprint density at radius 2 is 2.07 bits per heavy atom. The van der Waals surface area contributed by atoms with Crippen molar-refractivity contribution >= 4 is 11.8 Å². The molecule has 0 aliphatic carbocycles. The molecular formula is C18H16F2N6O4. The summed E-state index contributed by atoms with van der Waals surface area (Å²) in [5.74, 6) is -2.77. The van der Waals surface area contributed by atoms with Crippen LogP contribution in [0.1, 0.15) is 26.4 Å². The zero-order chi connectivity index (χ0) is 21.3. The van der Waals surface area contributed by atoms with Gasteiger partial charge in [-0.15, -0.1) is 0 Å². The molecule has 0 spiro atoms. The van der Waals surface area contributed by atoms with E-state index in [-0.39, 0.29) is 36.7 Å². The Kier molecular flexibility index (Phi) is 5.06. The fourth-order valence-electron chi connectivity index (χ4n) is 2.97. The molecule has 2 aliphatic heterocycles. The van der Waals surface area contributed by atoms with Gasteiger partial charge in [-0.3, -0.25) is 29.1 Å². The fourth-order valence-corrected chi connectivity index (χ4v) is 2.97. The maximum absolute atomic E-state index is 13.8. The van der Waals surface area contributed by atoms with E-state index < -0.39 is 28.9 Å². The minimum Gasteiger partial charge on any atom is -0.395 e. The van der Waals surface area contributed by atoms with E-state index in [9.17, 15) is 23.2 Å². The average molecular weight is 418 g/mol. The van der Waals surface area contributed by atoms with Crippen molar-refractivity contribution in [3.8, 4) is 0 Å². The molecule has 0 saturated carbocycles. The summed E-state index contributed by atoms with van der Waals surface area (Å²) in [4.78, 5) is 42.0. The van der Waals surface area contributed by atoms with Crippen LogP contribution in [0.3, 0.4) is 0 Å². The van der Waals surface area contributed by atoms with Crippen molar-refractivity contribution in [2.45, 2.75) is 6.54 Å². The molecule has 12 heteroatoms. The quantitative estimate of drug-likeness (QED) is 0.621. The molecule has 156 valence electrons. The molecule has 0 saturated heterocycles. The Morgan fingerprint density at radius 1 is 1.23 bits per heavy atom. The molecule has 4 rings (SSSR count). The predicted octanol–water partition coefficient (Wildman–Crippen LogP) is -0.124. The number of pyridine rings is 1. The smallest absolute Gasteiger partial charge is 0.271 e. The van der Waals surface area contributed by atoms with Gasteiger partial charge in [0, 0.05) is 30.4 Å². The van der Waals surface area contributed by atoms with Gasteiger partial charge in [0.2, 0.25) is 0 Å². The fraction of sp³-hybridized carbons (Fsp3) is 0.167. The summed E-state index contributed by atoms with van der Waals surface area (Å²) in [5.41, 5.74) is 1.81. The first kappa shape index (κ1) is 19.4. The third-order valence-electron chi connectivity index (χ3n) is 4.48. The maximum atomic E-state index is 13.8. The number of hydrazine groups is 1. The molecule has 2 amide bonds. The highest BCUT2D eigenvalue weighted by atomic mass is 19.1. The highest BCUT2D eigenvalue weighted by Gasteiger charge is 2.26. The number of hydrogen-bond acceptors (Lipinski definition) is 7. The van der Waals surface area contributed by atoms with Crippen LogP contribution >= 0.6 is 0 Å². The van der Waals surface area contributed by atoms with Crippen LogP contribution in [0.15, 0.2) is 47.7 Å². The number of carbonyl (C=O) groups is 2. The zero-order valence-electron chi connectivity index (χ0n) is 15.4. The third kappa shape index (κ3) is 3.80. The first-order valence-corrected chi connectivity index (χ1v) is 8.79. The number of rotatable bonds is 5. The second kappa shape index (κ2) is 7.83. The number of benzene rings is 1. The maximum Gasteiger partial charge on any atom is 0.271 e. The van der Waals surface area contributed by atoms with Crippen LogP contribution in [-0.2, 0) is 11.4 Å². The number of carbonyl (C=O) groups excluding carboxylic acids is 2. The number of fused-ring (bicyclic) bond motifs is 1. The van der Waals surface area contributed by atoms with Crippen molar-refractivity contribution < 1.29 is 23.2 Å². The Labute approximate surface area is 168 Å².